The molecule has 1 N–H and O–H groups in total. The van der Waals surface area contributed by atoms with E-state index in [4.69, 9.17) is 0 Å². The zero-order valence-electron chi connectivity index (χ0n) is 12.2. The molecule has 0 aromatic carbocycles. The van der Waals surface area contributed by atoms with E-state index in [0.29, 0.717) is 5.92 Å². The van der Waals surface area contributed by atoms with Crippen LogP contribution in [0.4, 0.5) is 0 Å². The van der Waals surface area contributed by atoms with E-state index in [2.05, 4.69) is 39.1 Å². The van der Waals surface area contributed by atoms with Crippen LogP contribution in [0.1, 0.15) is 53.4 Å². The van der Waals surface area contributed by atoms with Gasteiger partial charge in [-0.1, -0.05) is 32.4 Å². The summed E-state index contributed by atoms with van der Waals surface area (Å²) < 4.78 is 0. The van der Waals surface area contributed by atoms with E-state index in [9.17, 15) is 4.79 Å². The lowest BCUT2D eigenvalue weighted by Gasteiger charge is -2.47. The molecule has 0 aromatic rings. The van der Waals surface area contributed by atoms with Crippen molar-refractivity contribution >= 4 is 6.41 Å². The van der Waals surface area contributed by atoms with Gasteiger partial charge in [-0.05, 0) is 56.3 Å². The number of fused-ring (bicyclic) bond motifs is 1. The van der Waals surface area contributed by atoms with E-state index in [0.717, 1.165) is 37.0 Å². The summed E-state index contributed by atoms with van der Waals surface area (Å²) in [5.74, 6) is 2.95. The highest BCUT2D eigenvalue weighted by Crippen LogP contribution is 2.48. The average molecular weight is 249 g/mol. The second-order valence-corrected chi connectivity index (χ2v) is 6.93. The Morgan fingerprint density at radius 3 is 2.78 bits per heavy atom. The van der Waals surface area contributed by atoms with Crippen LogP contribution < -0.4 is 5.32 Å². The number of carbonyl (C=O) groups excluding carboxylic acids is 1. The predicted octanol–water partition coefficient (Wildman–Crippen LogP) is 3.53. The normalized spacial score (nSPS) is 40.1. The van der Waals surface area contributed by atoms with Crippen molar-refractivity contribution in [1.82, 2.24) is 5.32 Å². The van der Waals surface area contributed by atoms with Gasteiger partial charge in [0.05, 0.1) is 0 Å². The van der Waals surface area contributed by atoms with E-state index in [-0.39, 0.29) is 5.54 Å². The molecular weight excluding hydrogens is 222 g/mol. The van der Waals surface area contributed by atoms with E-state index >= 15 is 0 Å². The van der Waals surface area contributed by atoms with Crippen LogP contribution in [-0.2, 0) is 4.79 Å². The molecule has 0 aromatic heterocycles. The van der Waals surface area contributed by atoms with Crippen LogP contribution >= 0.6 is 0 Å². The summed E-state index contributed by atoms with van der Waals surface area (Å²) in [5, 5.41) is 3.04. The molecule has 0 aliphatic heterocycles. The summed E-state index contributed by atoms with van der Waals surface area (Å²) in [6, 6.07) is 0. The first kappa shape index (κ1) is 13.6. The highest BCUT2D eigenvalue weighted by molar-refractivity contribution is 5.48. The summed E-state index contributed by atoms with van der Waals surface area (Å²) in [6.07, 6.45) is 8.08. The summed E-state index contributed by atoms with van der Waals surface area (Å²) in [5.41, 5.74) is 1.64. The number of carbonyl (C=O) groups is 1. The maximum Gasteiger partial charge on any atom is 0.207 e. The topological polar surface area (TPSA) is 29.1 Å². The van der Waals surface area contributed by atoms with Crippen molar-refractivity contribution in [2.75, 3.05) is 0 Å². The molecule has 0 radical (unpaired) electrons. The second kappa shape index (κ2) is 5.07. The standard InChI is InChI=1S/C16H27NO/c1-11(2)13-6-5-12(3)14-7-8-16(4,17-10-18)9-15(13)14/h7,10-13,15H,5-6,8-9H2,1-4H3,(H,17,18)/t12-,13?,15-,16+/m1/s1. The van der Waals surface area contributed by atoms with E-state index in [1.54, 1.807) is 5.57 Å². The van der Waals surface area contributed by atoms with Gasteiger partial charge < -0.3 is 5.32 Å². The minimum absolute atomic E-state index is 0.0277. The largest absolute Gasteiger partial charge is 0.353 e. The highest BCUT2D eigenvalue weighted by atomic mass is 16.1. The molecule has 102 valence electrons. The van der Waals surface area contributed by atoms with Gasteiger partial charge in [0, 0.05) is 5.54 Å². The van der Waals surface area contributed by atoms with Gasteiger partial charge in [-0.2, -0.15) is 0 Å². The summed E-state index contributed by atoms with van der Waals surface area (Å²) in [7, 11) is 0. The molecule has 2 nitrogen and oxygen atoms in total. The Hall–Kier alpha value is -0.790. The number of rotatable bonds is 3. The van der Waals surface area contributed by atoms with Gasteiger partial charge in [-0.3, -0.25) is 4.79 Å². The Bertz CT molecular complexity index is 347. The van der Waals surface area contributed by atoms with Crippen LogP contribution in [0, 0.1) is 23.7 Å². The summed E-state index contributed by atoms with van der Waals surface area (Å²) in [6.45, 7) is 9.24. The Morgan fingerprint density at radius 2 is 2.17 bits per heavy atom. The third-order valence-electron chi connectivity index (χ3n) is 5.17. The molecule has 0 saturated heterocycles. The summed E-state index contributed by atoms with van der Waals surface area (Å²) >= 11 is 0. The van der Waals surface area contributed by atoms with Gasteiger partial charge in [0.2, 0.25) is 6.41 Å². The van der Waals surface area contributed by atoms with E-state index in [1.807, 2.05) is 0 Å². The summed E-state index contributed by atoms with van der Waals surface area (Å²) in [4.78, 5) is 10.8. The molecule has 1 fully saturated rings. The maximum absolute atomic E-state index is 10.8. The molecule has 2 aliphatic rings. The third-order valence-corrected chi connectivity index (χ3v) is 5.17. The van der Waals surface area contributed by atoms with Crippen molar-refractivity contribution in [1.29, 1.82) is 0 Å². The molecule has 1 amide bonds. The first-order valence-corrected chi connectivity index (χ1v) is 7.38. The zero-order chi connectivity index (χ0) is 13.3. The first-order valence-electron chi connectivity index (χ1n) is 7.38. The molecule has 2 heteroatoms. The van der Waals surface area contributed by atoms with Gasteiger partial charge >= 0.3 is 0 Å². The van der Waals surface area contributed by atoms with Gasteiger partial charge in [0.25, 0.3) is 0 Å². The van der Waals surface area contributed by atoms with Gasteiger partial charge in [0.1, 0.15) is 0 Å². The Kier molecular flexibility index (Phi) is 3.84. The first-order chi connectivity index (χ1) is 8.47. The minimum Gasteiger partial charge on any atom is -0.353 e. The molecule has 2 aliphatic carbocycles. The number of hydrogen-bond acceptors (Lipinski definition) is 1. The molecule has 0 heterocycles. The van der Waals surface area contributed by atoms with Crippen LogP contribution in [0.25, 0.3) is 0 Å². The molecule has 4 atom stereocenters. The van der Waals surface area contributed by atoms with E-state index < -0.39 is 0 Å². The molecule has 1 unspecified atom stereocenters. The van der Waals surface area contributed by atoms with E-state index in [1.165, 1.54) is 12.8 Å². The zero-order valence-corrected chi connectivity index (χ0v) is 12.2. The number of nitrogens with one attached hydrogen (secondary N) is 1. The Labute approximate surface area is 111 Å². The van der Waals surface area contributed by atoms with Crippen molar-refractivity contribution in [3.8, 4) is 0 Å². The van der Waals surface area contributed by atoms with Crippen molar-refractivity contribution in [2.45, 2.75) is 58.9 Å². The highest BCUT2D eigenvalue weighted by Gasteiger charge is 2.41. The van der Waals surface area contributed by atoms with Crippen LogP contribution in [0.5, 0.6) is 0 Å². The fourth-order valence-corrected chi connectivity index (χ4v) is 4.01. The van der Waals surface area contributed by atoms with Crippen LogP contribution in [0.3, 0.4) is 0 Å². The maximum atomic E-state index is 10.8. The van der Waals surface area contributed by atoms with Crippen molar-refractivity contribution < 1.29 is 4.79 Å². The lowest BCUT2D eigenvalue weighted by atomic mass is 9.61. The van der Waals surface area contributed by atoms with Gasteiger partial charge in [-0.25, -0.2) is 0 Å². The van der Waals surface area contributed by atoms with Crippen LogP contribution in [0.15, 0.2) is 11.6 Å². The minimum atomic E-state index is -0.0277. The smallest absolute Gasteiger partial charge is 0.207 e. The van der Waals surface area contributed by atoms with Crippen molar-refractivity contribution in [3.63, 3.8) is 0 Å². The fraction of sp³-hybridized carbons (Fsp3) is 0.812. The monoisotopic (exact) mass is 249 g/mol. The van der Waals surface area contributed by atoms with Gasteiger partial charge in [-0.15, -0.1) is 0 Å². The molecule has 0 spiro atoms. The average Bonchev–Trinajstić information content (AvgIpc) is 2.28. The predicted molar refractivity (Wildman–Crippen MR) is 75.1 cm³/mol. The SMILES string of the molecule is CC(C)C1CC[C@@H](C)C2=CC[C@](C)(NC=O)C[C@@H]21. The lowest BCUT2D eigenvalue weighted by molar-refractivity contribution is -0.111. The Balaban J connectivity index is 2.24. The van der Waals surface area contributed by atoms with Crippen LogP contribution in [-0.4, -0.2) is 11.9 Å². The quantitative estimate of drug-likeness (QED) is 0.601. The lowest BCUT2D eigenvalue weighted by Crippen LogP contribution is -2.48. The Morgan fingerprint density at radius 1 is 1.44 bits per heavy atom. The van der Waals surface area contributed by atoms with Crippen molar-refractivity contribution in [2.24, 2.45) is 23.7 Å². The second-order valence-electron chi connectivity index (χ2n) is 6.93. The number of amides is 1. The van der Waals surface area contributed by atoms with Gasteiger partial charge in [0.15, 0.2) is 0 Å². The molecule has 18 heavy (non-hydrogen) atoms. The number of allylic oxidation sites excluding steroid dienone is 1. The van der Waals surface area contributed by atoms with Crippen molar-refractivity contribution in [3.05, 3.63) is 11.6 Å². The fourth-order valence-electron chi connectivity index (χ4n) is 4.01. The molecule has 1 saturated carbocycles. The third kappa shape index (κ3) is 2.48. The molecule has 2 rings (SSSR count). The molecular formula is C16H27NO. The molecule has 0 bridgehead atoms. The number of hydrogen-bond donors (Lipinski definition) is 1. The van der Waals surface area contributed by atoms with Crippen LogP contribution in [0.2, 0.25) is 0 Å².